The number of nitriles is 1. The Bertz CT molecular complexity index is 435. The highest BCUT2D eigenvalue weighted by atomic mass is 16.5. The van der Waals surface area contributed by atoms with Crippen molar-refractivity contribution < 1.29 is 4.74 Å². The molecule has 2 heterocycles. The normalized spacial score (nSPS) is 19.2. The number of aromatic nitrogens is 1. The van der Waals surface area contributed by atoms with Gasteiger partial charge in [0.1, 0.15) is 6.07 Å². The topological polar surface area (TPSA) is 84.0 Å². The van der Waals surface area contributed by atoms with Gasteiger partial charge in [0.15, 0.2) is 5.82 Å². The smallest absolute Gasteiger partial charge is 0.150 e. The fraction of sp³-hybridized carbons (Fsp3) is 0.538. The lowest BCUT2D eigenvalue weighted by Gasteiger charge is -2.22. The minimum absolute atomic E-state index is 0.339. The van der Waals surface area contributed by atoms with Crippen molar-refractivity contribution in [3.8, 4) is 6.07 Å². The third-order valence-corrected chi connectivity index (χ3v) is 3.14. The van der Waals surface area contributed by atoms with Crippen molar-refractivity contribution in [3.05, 3.63) is 17.8 Å². The number of anilines is 2. The molecule has 0 amide bonds. The fourth-order valence-corrected chi connectivity index (χ4v) is 2.10. The molecule has 18 heavy (non-hydrogen) atoms. The molecule has 1 aliphatic rings. The van der Waals surface area contributed by atoms with Gasteiger partial charge in [0.05, 0.1) is 17.4 Å². The van der Waals surface area contributed by atoms with E-state index < -0.39 is 0 Å². The molecule has 1 saturated heterocycles. The molecule has 1 unspecified atom stereocenters. The number of ether oxygens (including phenoxy) is 1. The zero-order valence-electron chi connectivity index (χ0n) is 10.4. The van der Waals surface area contributed by atoms with Crippen LogP contribution in [0.3, 0.4) is 0 Å². The average molecular weight is 246 g/mol. The SMILES string of the molecule is N#Cc1ccnc(NCCC2CCCCO2)c1N. The first-order valence-electron chi connectivity index (χ1n) is 6.31. The molecule has 0 aromatic carbocycles. The van der Waals surface area contributed by atoms with Gasteiger partial charge in [-0.25, -0.2) is 4.98 Å². The van der Waals surface area contributed by atoms with E-state index in [9.17, 15) is 0 Å². The van der Waals surface area contributed by atoms with Crippen LogP contribution in [0.5, 0.6) is 0 Å². The number of hydrogen-bond donors (Lipinski definition) is 2. The summed E-state index contributed by atoms with van der Waals surface area (Å²) in [4.78, 5) is 4.14. The first kappa shape index (κ1) is 12.7. The monoisotopic (exact) mass is 246 g/mol. The number of rotatable bonds is 4. The Morgan fingerprint density at radius 3 is 3.17 bits per heavy atom. The Balaban J connectivity index is 1.84. The summed E-state index contributed by atoms with van der Waals surface area (Å²) in [5.41, 5.74) is 6.71. The van der Waals surface area contributed by atoms with Crippen LogP contribution >= 0.6 is 0 Å². The molecule has 1 aromatic heterocycles. The van der Waals surface area contributed by atoms with Crippen LogP contribution in [0.4, 0.5) is 11.5 Å². The zero-order chi connectivity index (χ0) is 12.8. The van der Waals surface area contributed by atoms with Crippen molar-refractivity contribution in [2.45, 2.75) is 31.8 Å². The van der Waals surface area contributed by atoms with Gasteiger partial charge < -0.3 is 15.8 Å². The van der Waals surface area contributed by atoms with Crippen LogP contribution in [0.25, 0.3) is 0 Å². The molecule has 0 aliphatic carbocycles. The number of hydrogen-bond acceptors (Lipinski definition) is 5. The quantitative estimate of drug-likeness (QED) is 0.847. The van der Waals surface area contributed by atoms with Gasteiger partial charge in [0, 0.05) is 19.3 Å². The highest BCUT2D eigenvalue weighted by molar-refractivity contribution is 5.68. The molecule has 0 saturated carbocycles. The number of pyridine rings is 1. The molecule has 1 atom stereocenters. The number of nitrogen functional groups attached to an aromatic ring is 1. The van der Waals surface area contributed by atoms with Crippen LogP contribution in [0, 0.1) is 11.3 Å². The largest absolute Gasteiger partial charge is 0.395 e. The lowest BCUT2D eigenvalue weighted by atomic mass is 10.1. The van der Waals surface area contributed by atoms with Gasteiger partial charge in [0.2, 0.25) is 0 Å². The second kappa shape index (κ2) is 6.22. The highest BCUT2D eigenvalue weighted by Crippen LogP contribution is 2.20. The summed E-state index contributed by atoms with van der Waals surface area (Å²) in [5, 5.41) is 12.0. The number of nitrogens with one attached hydrogen (secondary N) is 1. The number of nitrogens with zero attached hydrogens (tertiary/aromatic N) is 2. The van der Waals surface area contributed by atoms with E-state index in [-0.39, 0.29) is 0 Å². The Morgan fingerprint density at radius 1 is 1.56 bits per heavy atom. The third-order valence-electron chi connectivity index (χ3n) is 3.14. The van der Waals surface area contributed by atoms with Gasteiger partial charge in [0.25, 0.3) is 0 Å². The summed E-state index contributed by atoms with van der Waals surface area (Å²) < 4.78 is 5.65. The van der Waals surface area contributed by atoms with Crippen molar-refractivity contribution in [2.75, 3.05) is 24.2 Å². The molecule has 0 radical (unpaired) electrons. The Hall–Kier alpha value is -1.80. The standard InChI is InChI=1S/C13H18N4O/c14-9-10-4-6-16-13(12(10)15)17-7-5-11-3-1-2-8-18-11/h4,6,11H,1-3,5,7-8,15H2,(H,16,17). The molecule has 1 aliphatic heterocycles. The first-order chi connectivity index (χ1) is 8.81. The summed E-state index contributed by atoms with van der Waals surface area (Å²) in [5.74, 6) is 0.588. The Morgan fingerprint density at radius 2 is 2.44 bits per heavy atom. The maximum atomic E-state index is 8.87. The zero-order valence-corrected chi connectivity index (χ0v) is 10.4. The summed E-state index contributed by atoms with van der Waals surface area (Å²) in [6, 6.07) is 3.66. The summed E-state index contributed by atoms with van der Waals surface area (Å²) in [7, 11) is 0. The van der Waals surface area contributed by atoms with Crippen LogP contribution < -0.4 is 11.1 Å². The first-order valence-corrected chi connectivity index (χ1v) is 6.31. The van der Waals surface area contributed by atoms with E-state index in [1.165, 1.54) is 12.8 Å². The molecule has 1 aromatic rings. The molecular weight excluding hydrogens is 228 g/mol. The molecule has 3 N–H and O–H groups in total. The summed E-state index contributed by atoms with van der Waals surface area (Å²) >= 11 is 0. The third kappa shape index (κ3) is 3.11. The van der Waals surface area contributed by atoms with Gasteiger partial charge in [-0.2, -0.15) is 5.26 Å². The van der Waals surface area contributed by atoms with Crippen molar-refractivity contribution in [1.82, 2.24) is 4.98 Å². The molecule has 0 spiro atoms. The van der Waals surface area contributed by atoms with Crippen molar-refractivity contribution in [2.24, 2.45) is 0 Å². The van der Waals surface area contributed by atoms with E-state index in [2.05, 4.69) is 10.3 Å². The summed E-state index contributed by atoms with van der Waals surface area (Å²) in [6.45, 7) is 1.63. The molecule has 0 bridgehead atoms. The lowest BCUT2D eigenvalue weighted by molar-refractivity contribution is 0.0134. The lowest BCUT2D eigenvalue weighted by Crippen LogP contribution is -2.22. The van der Waals surface area contributed by atoms with E-state index in [0.717, 1.165) is 26.0 Å². The minimum Gasteiger partial charge on any atom is -0.395 e. The highest BCUT2D eigenvalue weighted by Gasteiger charge is 2.13. The second-order valence-electron chi connectivity index (χ2n) is 4.44. The van der Waals surface area contributed by atoms with E-state index in [1.54, 1.807) is 12.3 Å². The van der Waals surface area contributed by atoms with E-state index in [1.807, 2.05) is 6.07 Å². The van der Waals surface area contributed by atoms with Crippen LogP contribution in [-0.4, -0.2) is 24.2 Å². The fourth-order valence-electron chi connectivity index (χ4n) is 2.10. The summed E-state index contributed by atoms with van der Waals surface area (Å²) in [6.07, 6.45) is 6.42. The Kier molecular flexibility index (Phi) is 4.37. The van der Waals surface area contributed by atoms with E-state index in [4.69, 9.17) is 15.7 Å². The van der Waals surface area contributed by atoms with Gasteiger partial charge in [-0.1, -0.05) is 0 Å². The molecule has 1 fully saturated rings. The van der Waals surface area contributed by atoms with E-state index in [0.29, 0.717) is 23.2 Å². The van der Waals surface area contributed by atoms with Crippen LogP contribution in [0.2, 0.25) is 0 Å². The maximum Gasteiger partial charge on any atom is 0.150 e. The predicted molar refractivity (Wildman–Crippen MR) is 70.1 cm³/mol. The van der Waals surface area contributed by atoms with Gasteiger partial charge in [-0.15, -0.1) is 0 Å². The van der Waals surface area contributed by atoms with Crippen molar-refractivity contribution in [1.29, 1.82) is 5.26 Å². The number of nitrogens with two attached hydrogens (primary N) is 1. The predicted octanol–water partition coefficient (Wildman–Crippen LogP) is 1.91. The van der Waals surface area contributed by atoms with Crippen LogP contribution in [-0.2, 0) is 4.74 Å². The maximum absolute atomic E-state index is 8.87. The minimum atomic E-state index is 0.339. The molecular formula is C13H18N4O. The van der Waals surface area contributed by atoms with Crippen molar-refractivity contribution in [3.63, 3.8) is 0 Å². The van der Waals surface area contributed by atoms with Gasteiger partial charge >= 0.3 is 0 Å². The molecule has 5 heteroatoms. The van der Waals surface area contributed by atoms with Crippen LogP contribution in [0.1, 0.15) is 31.2 Å². The van der Waals surface area contributed by atoms with Crippen LogP contribution in [0.15, 0.2) is 12.3 Å². The molecule has 96 valence electrons. The second-order valence-corrected chi connectivity index (χ2v) is 4.44. The average Bonchev–Trinajstić information content (AvgIpc) is 2.42. The van der Waals surface area contributed by atoms with E-state index >= 15 is 0 Å². The van der Waals surface area contributed by atoms with Gasteiger partial charge in [-0.3, -0.25) is 0 Å². The Labute approximate surface area is 107 Å². The molecule has 2 rings (SSSR count). The van der Waals surface area contributed by atoms with Gasteiger partial charge in [-0.05, 0) is 31.7 Å². The molecule has 5 nitrogen and oxygen atoms in total. The van der Waals surface area contributed by atoms with Crippen molar-refractivity contribution >= 4 is 11.5 Å².